The molecule has 2 saturated carbocycles. The van der Waals surface area contributed by atoms with Gasteiger partial charge in [0.2, 0.25) is 11.6 Å². The number of phenols is 2. The Bertz CT molecular complexity index is 2930. The van der Waals surface area contributed by atoms with Gasteiger partial charge < -0.3 is 30.3 Å². The Morgan fingerprint density at radius 2 is 0.986 bits per heavy atom. The molecule has 0 atom stereocenters. The highest BCUT2D eigenvalue weighted by atomic mass is 16.5. The minimum atomic E-state index is -0.696. The lowest BCUT2D eigenvalue weighted by Crippen LogP contribution is -2.24. The molecule has 3 aliphatic carbocycles. The van der Waals surface area contributed by atoms with Crippen molar-refractivity contribution >= 4 is 40.0 Å². The van der Waals surface area contributed by atoms with E-state index in [1.807, 2.05) is 57.2 Å². The van der Waals surface area contributed by atoms with Gasteiger partial charge in [-0.05, 0) is 154 Å². The highest BCUT2D eigenvalue weighted by Gasteiger charge is 2.41. The molecule has 0 aromatic heterocycles. The molecule has 0 saturated heterocycles. The van der Waals surface area contributed by atoms with Crippen molar-refractivity contribution in [3.63, 3.8) is 0 Å². The summed E-state index contributed by atoms with van der Waals surface area (Å²) >= 11 is 0. The van der Waals surface area contributed by atoms with E-state index >= 15 is 9.59 Å². The number of ether oxygens (including phenoxy) is 2. The van der Waals surface area contributed by atoms with Crippen molar-refractivity contribution in [3.05, 3.63) is 159 Å². The predicted molar refractivity (Wildman–Crippen MR) is 284 cm³/mol. The quantitative estimate of drug-likeness (QED) is 0.0558. The van der Waals surface area contributed by atoms with Crippen LogP contribution in [0.1, 0.15) is 175 Å². The van der Waals surface area contributed by atoms with Crippen molar-refractivity contribution in [2.75, 3.05) is 10.6 Å². The number of phenolic OH excluding ortho intramolecular Hbond substituents is 2. The number of unbranched alkanes of at least 4 members (excludes halogenated alkanes) is 2. The minimum Gasteiger partial charge on any atom is -0.504 e. The van der Waals surface area contributed by atoms with Crippen LogP contribution in [0.4, 0.5) is 28.4 Å². The van der Waals surface area contributed by atoms with E-state index in [-0.39, 0.29) is 45.1 Å². The second-order valence-electron chi connectivity index (χ2n) is 20.4. The van der Waals surface area contributed by atoms with Crippen LogP contribution >= 0.6 is 0 Å². The van der Waals surface area contributed by atoms with Gasteiger partial charge in [-0.25, -0.2) is 4.85 Å². The van der Waals surface area contributed by atoms with Crippen molar-refractivity contribution in [2.24, 2.45) is 11.8 Å². The smallest absolute Gasteiger partial charge is 0.200 e. The predicted octanol–water partition coefficient (Wildman–Crippen LogP) is 17.3. The minimum absolute atomic E-state index is 0.0103. The Labute approximate surface area is 419 Å². The van der Waals surface area contributed by atoms with Crippen LogP contribution in [0.25, 0.3) is 4.85 Å². The lowest BCUT2D eigenvalue weighted by Gasteiger charge is -2.29. The first-order valence-corrected chi connectivity index (χ1v) is 26.0. The molecule has 71 heavy (non-hydrogen) atoms. The Morgan fingerprint density at radius 1 is 0.563 bits per heavy atom. The van der Waals surface area contributed by atoms with E-state index in [0.717, 1.165) is 59.9 Å². The average molecular weight is 950 g/mol. The lowest BCUT2D eigenvalue weighted by molar-refractivity contribution is 0.0974. The van der Waals surface area contributed by atoms with E-state index in [1.54, 1.807) is 30.3 Å². The number of hydrogen-bond donors (Lipinski definition) is 4. The first-order valence-electron chi connectivity index (χ1n) is 26.0. The summed E-state index contributed by atoms with van der Waals surface area (Å²) in [5, 5.41) is 31.2. The maximum atomic E-state index is 15.4. The van der Waals surface area contributed by atoms with Crippen LogP contribution in [0.2, 0.25) is 0 Å². The number of aryl methyl sites for hydroxylation is 3. The largest absolute Gasteiger partial charge is 0.504 e. The number of benzene rings is 6. The van der Waals surface area contributed by atoms with Crippen molar-refractivity contribution in [1.82, 2.24) is 0 Å². The number of nitrogens with one attached hydrogen (secondary N) is 2. The van der Waals surface area contributed by atoms with Gasteiger partial charge in [-0.3, -0.25) is 9.59 Å². The number of ketones is 2. The van der Waals surface area contributed by atoms with Gasteiger partial charge in [0.15, 0.2) is 28.7 Å². The fraction of sp³-hybridized carbons (Fsp3) is 0.371. The number of rotatable bonds is 16. The maximum absolute atomic E-state index is 15.4. The molecule has 0 bridgehead atoms. The van der Waals surface area contributed by atoms with Crippen molar-refractivity contribution in [2.45, 2.75) is 136 Å². The number of hydrogen-bond acceptors (Lipinski definition) is 8. The number of aromatic hydroxyl groups is 2. The SMILES string of the molecule is [C-]#[N+]c1ccc(Nc2cc(Oc3ccc(C4CCC(CCCC)CC4)cc3)c(O)c3c2C(=O)c2c(O)c(Oc4ccc(C5CCC(CCCC)CC5)cc4)cc(Nc4c(C)cc(C)cc4C)c2C3=O)cc1. The van der Waals surface area contributed by atoms with Gasteiger partial charge in [-0.1, -0.05) is 106 Å². The summed E-state index contributed by atoms with van der Waals surface area (Å²) in [5.41, 5.74) is 6.72. The molecule has 9 heteroatoms. The molecule has 0 unspecified atom stereocenters. The standard InChI is InChI=1S/C62H67N3O6/c1-7-9-11-40-13-17-42(18-14-40)44-21-29-48(30-22-44)70-52-35-50(64-47-27-25-46(63-6)26-28-47)54-56(59(52)66)62(69)55-51(65-58-38(4)33-37(3)34-39(58)5)36-53(60(67)57(55)61(54)68)71-49-31-23-45(24-32-49)43-19-15-41(16-20-43)12-10-8-2/h21-36,40-43,64-67H,7-20H2,1-5H3. The van der Waals surface area contributed by atoms with Crippen molar-refractivity contribution in [1.29, 1.82) is 0 Å². The molecular weight excluding hydrogens is 883 g/mol. The van der Waals surface area contributed by atoms with E-state index in [4.69, 9.17) is 16.0 Å². The van der Waals surface area contributed by atoms with Gasteiger partial charge in [0, 0.05) is 23.5 Å². The van der Waals surface area contributed by atoms with E-state index in [0.29, 0.717) is 34.7 Å². The molecule has 0 aliphatic heterocycles. The fourth-order valence-electron chi connectivity index (χ4n) is 11.5. The van der Waals surface area contributed by atoms with Crippen LogP contribution in [0, 0.1) is 39.2 Å². The third kappa shape index (κ3) is 10.5. The molecule has 9 rings (SSSR count). The fourth-order valence-corrected chi connectivity index (χ4v) is 11.5. The lowest BCUT2D eigenvalue weighted by atomic mass is 9.77. The highest BCUT2D eigenvalue weighted by Crippen LogP contribution is 2.51. The first kappa shape index (κ1) is 49.0. The van der Waals surface area contributed by atoms with E-state index in [1.165, 1.54) is 81.4 Å². The van der Waals surface area contributed by atoms with Crippen LogP contribution in [0.3, 0.4) is 0 Å². The Kier molecular flexibility index (Phi) is 14.8. The summed E-state index contributed by atoms with van der Waals surface area (Å²) in [4.78, 5) is 34.2. The average Bonchev–Trinajstić information content (AvgIpc) is 3.38. The molecule has 6 aromatic rings. The number of carbonyl (C=O) groups is 2. The molecule has 0 radical (unpaired) electrons. The second-order valence-corrected chi connectivity index (χ2v) is 20.4. The highest BCUT2D eigenvalue weighted by molar-refractivity contribution is 6.34. The van der Waals surface area contributed by atoms with Crippen molar-refractivity contribution < 1.29 is 29.3 Å². The Balaban J connectivity index is 1.09. The van der Waals surface area contributed by atoms with E-state index in [9.17, 15) is 10.2 Å². The molecular formula is C62H67N3O6. The molecule has 0 spiro atoms. The maximum Gasteiger partial charge on any atom is 0.200 e. The Hall–Kier alpha value is -7.05. The monoisotopic (exact) mass is 950 g/mol. The first-order chi connectivity index (χ1) is 34.4. The summed E-state index contributed by atoms with van der Waals surface area (Å²) in [6.45, 7) is 17.9. The zero-order chi connectivity index (χ0) is 49.8. The number of fused-ring (bicyclic) bond motifs is 2. The van der Waals surface area contributed by atoms with Crippen LogP contribution < -0.4 is 20.1 Å². The van der Waals surface area contributed by atoms with Crippen LogP contribution in [0.15, 0.2) is 97.1 Å². The molecule has 2 fully saturated rings. The second kappa shape index (κ2) is 21.5. The summed E-state index contributed by atoms with van der Waals surface area (Å²) in [6.07, 6.45) is 17.2. The van der Waals surface area contributed by atoms with Gasteiger partial charge in [0.05, 0.1) is 40.2 Å². The van der Waals surface area contributed by atoms with E-state index < -0.39 is 23.1 Å². The summed E-state index contributed by atoms with van der Waals surface area (Å²) in [7, 11) is 0. The van der Waals surface area contributed by atoms with Gasteiger partial charge in [0.25, 0.3) is 0 Å². The molecule has 6 aromatic carbocycles. The topological polar surface area (TPSA) is 121 Å². The van der Waals surface area contributed by atoms with Crippen LogP contribution in [0.5, 0.6) is 34.5 Å². The summed E-state index contributed by atoms with van der Waals surface area (Å²) in [6, 6.07) is 29.7. The number of carbonyl (C=O) groups excluding carboxylic acids is 2. The Morgan fingerprint density at radius 3 is 1.39 bits per heavy atom. The van der Waals surface area contributed by atoms with E-state index in [2.05, 4.69) is 53.6 Å². The van der Waals surface area contributed by atoms with Crippen LogP contribution in [-0.2, 0) is 0 Å². The number of nitrogens with zero attached hydrogens (tertiary/aromatic N) is 1. The normalized spacial score (nSPS) is 18.5. The molecule has 9 nitrogen and oxygen atoms in total. The molecule has 3 aliphatic rings. The molecule has 0 heterocycles. The third-order valence-corrected chi connectivity index (χ3v) is 15.4. The van der Waals surface area contributed by atoms with Gasteiger partial charge >= 0.3 is 0 Å². The summed E-state index contributed by atoms with van der Waals surface area (Å²) < 4.78 is 12.9. The van der Waals surface area contributed by atoms with Gasteiger partial charge in [-0.2, -0.15) is 0 Å². The number of anilines is 4. The van der Waals surface area contributed by atoms with Crippen LogP contribution in [-0.4, -0.2) is 21.8 Å². The zero-order valence-corrected chi connectivity index (χ0v) is 41.9. The van der Waals surface area contributed by atoms with Crippen molar-refractivity contribution in [3.8, 4) is 34.5 Å². The molecule has 4 N–H and O–H groups in total. The molecule has 0 amide bonds. The summed E-state index contributed by atoms with van der Waals surface area (Å²) in [5.74, 6) is 1.06. The molecule has 366 valence electrons. The third-order valence-electron chi connectivity index (χ3n) is 15.4. The van der Waals surface area contributed by atoms with Gasteiger partial charge in [0.1, 0.15) is 11.5 Å². The zero-order valence-electron chi connectivity index (χ0n) is 41.9. The van der Waals surface area contributed by atoms with Gasteiger partial charge in [-0.15, -0.1) is 0 Å².